The van der Waals surface area contributed by atoms with Gasteiger partial charge in [-0.3, -0.25) is 9.69 Å². The van der Waals surface area contributed by atoms with Gasteiger partial charge >= 0.3 is 0 Å². The Hall–Kier alpha value is -3.06. The minimum atomic E-state index is -0.434. The molecule has 4 N–H and O–H groups in total. The molecule has 6 nitrogen and oxygen atoms in total. The molecular formula is C19H19N5OS. The number of thioether (sulfide) groups is 1. The van der Waals surface area contributed by atoms with Crippen molar-refractivity contribution in [2.75, 3.05) is 16.4 Å². The third kappa shape index (κ3) is 4.12. The summed E-state index contributed by atoms with van der Waals surface area (Å²) >= 11 is 1.22. The van der Waals surface area contributed by atoms with E-state index >= 15 is 0 Å². The zero-order valence-electron chi connectivity index (χ0n) is 14.2. The third-order valence-corrected chi connectivity index (χ3v) is 4.57. The number of hydrogen-bond acceptors (Lipinski definition) is 6. The summed E-state index contributed by atoms with van der Waals surface area (Å²) in [6.07, 6.45) is 0. The second-order valence-corrected chi connectivity index (χ2v) is 6.91. The van der Waals surface area contributed by atoms with E-state index < -0.39 is 5.25 Å². The number of aromatic nitrogens is 2. The Bertz CT molecular complexity index is 829. The van der Waals surface area contributed by atoms with Gasteiger partial charge in [-0.25, -0.2) is 9.97 Å². The number of para-hydroxylation sites is 2. The molecule has 0 unspecified atom stereocenters. The van der Waals surface area contributed by atoms with E-state index in [1.54, 1.807) is 4.90 Å². The minimum absolute atomic E-state index is 0.0861. The number of rotatable bonds is 5. The van der Waals surface area contributed by atoms with Gasteiger partial charge in [0.25, 0.3) is 0 Å². The van der Waals surface area contributed by atoms with Crippen LogP contribution in [0.3, 0.4) is 0 Å². The van der Waals surface area contributed by atoms with E-state index in [4.69, 9.17) is 11.5 Å². The van der Waals surface area contributed by atoms with E-state index in [9.17, 15) is 4.79 Å². The highest BCUT2D eigenvalue weighted by molar-refractivity contribution is 8.00. The fourth-order valence-electron chi connectivity index (χ4n) is 2.46. The molecule has 0 aliphatic rings. The first-order chi connectivity index (χ1) is 12.5. The molecule has 0 aliphatic carbocycles. The molecule has 3 rings (SSSR count). The lowest BCUT2D eigenvalue weighted by atomic mass is 10.2. The van der Waals surface area contributed by atoms with E-state index in [-0.39, 0.29) is 17.5 Å². The number of nitrogen functional groups attached to an aromatic ring is 2. The van der Waals surface area contributed by atoms with Gasteiger partial charge in [-0.2, -0.15) is 0 Å². The van der Waals surface area contributed by atoms with Crippen molar-refractivity contribution in [3.8, 4) is 0 Å². The molecule has 0 bridgehead atoms. The van der Waals surface area contributed by atoms with Crippen molar-refractivity contribution in [3.63, 3.8) is 0 Å². The second kappa shape index (κ2) is 7.88. The highest BCUT2D eigenvalue weighted by atomic mass is 32.2. The monoisotopic (exact) mass is 365 g/mol. The van der Waals surface area contributed by atoms with Crippen molar-refractivity contribution >= 4 is 40.7 Å². The van der Waals surface area contributed by atoms with Crippen LogP contribution in [0.5, 0.6) is 0 Å². The molecule has 1 amide bonds. The lowest BCUT2D eigenvalue weighted by Gasteiger charge is -2.25. The highest BCUT2D eigenvalue weighted by Gasteiger charge is 2.25. The quantitative estimate of drug-likeness (QED) is 0.530. The molecule has 1 aromatic heterocycles. The highest BCUT2D eigenvalue weighted by Crippen LogP contribution is 2.30. The lowest BCUT2D eigenvalue weighted by Crippen LogP contribution is -2.32. The van der Waals surface area contributed by atoms with Gasteiger partial charge in [0.1, 0.15) is 11.6 Å². The molecular weight excluding hydrogens is 346 g/mol. The third-order valence-electron chi connectivity index (χ3n) is 3.62. The normalized spacial score (nSPS) is 11.7. The van der Waals surface area contributed by atoms with Crippen LogP contribution in [0.2, 0.25) is 0 Å². The minimum Gasteiger partial charge on any atom is -0.383 e. The van der Waals surface area contributed by atoms with Gasteiger partial charge in [0, 0.05) is 17.4 Å². The van der Waals surface area contributed by atoms with Gasteiger partial charge in [0.2, 0.25) is 5.91 Å². The van der Waals surface area contributed by atoms with Crippen LogP contribution in [-0.4, -0.2) is 21.1 Å². The molecule has 26 heavy (non-hydrogen) atoms. The molecule has 1 heterocycles. The molecule has 0 radical (unpaired) electrons. The van der Waals surface area contributed by atoms with Crippen LogP contribution >= 0.6 is 11.8 Å². The first-order valence-electron chi connectivity index (χ1n) is 8.05. The average molecular weight is 365 g/mol. The topological polar surface area (TPSA) is 98.1 Å². The van der Waals surface area contributed by atoms with E-state index in [0.29, 0.717) is 5.16 Å². The maximum Gasteiger partial charge on any atom is 0.244 e. The maximum atomic E-state index is 13.2. The van der Waals surface area contributed by atoms with Crippen LogP contribution in [0.25, 0.3) is 0 Å². The fourth-order valence-corrected chi connectivity index (χ4v) is 3.30. The summed E-state index contributed by atoms with van der Waals surface area (Å²) in [6.45, 7) is 1.81. The van der Waals surface area contributed by atoms with Crippen LogP contribution in [-0.2, 0) is 4.79 Å². The molecule has 7 heteroatoms. The zero-order chi connectivity index (χ0) is 18.5. The van der Waals surface area contributed by atoms with Gasteiger partial charge in [-0.15, -0.1) is 0 Å². The number of carbonyl (C=O) groups excluding carboxylic acids is 1. The van der Waals surface area contributed by atoms with Crippen molar-refractivity contribution in [1.29, 1.82) is 0 Å². The summed E-state index contributed by atoms with van der Waals surface area (Å²) in [5.41, 5.74) is 13.0. The predicted octanol–water partition coefficient (Wildman–Crippen LogP) is 3.49. The van der Waals surface area contributed by atoms with E-state index in [2.05, 4.69) is 9.97 Å². The van der Waals surface area contributed by atoms with Gasteiger partial charge in [-0.1, -0.05) is 48.2 Å². The van der Waals surface area contributed by atoms with Crippen LogP contribution in [0.4, 0.5) is 23.0 Å². The van der Waals surface area contributed by atoms with Crippen molar-refractivity contribution in [1.82, 2.24) is 9.97 Å². The van der Waals surface area contributed by atoms with E-state index in [1.165, 1.54) is 17.8 Å². The SMILES string of the molecule is C[C@@H](Sc1nc(N)cc(N)n1)C(=O)N(c1ccccc1)c1ccccc1. The number of carbonyl (C=O) groups is 1. The molecule has 0 saturated heterocycles. The summed E-state index contributed by atoms with van der Waals surface area (Å²) < 4.78 is 0. The second-order valence-electron chi connectivity index (χ2n) is 5.61. The molecule has 0 fully saturated rings. The van der Waals surface area contributed by atoms with E-state index in [1.807, 2.05) is 67.6 Å². The number of nitrogens with zero attached hydrogens (tertiary/aromatic N) is 3. The number of benzene rings is 2. The van der Waals surface area contributed by atoms with Crippen LogP contribution < -0.4 is 16.4 Å². The summed E-state index contributed by atoms with van der Waals surface area (Å²) in [6, 6.07) is 20.5. The molecule has 0 saturated carbocycles. The number of nitrogens with two attached hydrogens (primary N) is 2. The Morgan fingerprint density at radius 1 is 0.923 bits per heavy atom. The molecule has 132 valence electrons. The van der Waals surface area contributed by atoms with E-state index in [0.717, 1.165) is 11.4 Å². The van der Waals surface area contributed by atoms with Gasteiger partial charge in [-0.05, 0) is 31.2 Å². The van der Waals surface area contributed by atoms with Gasteiger partial charge in [0.15, 0.2) is 5.16 Å². The summed E-state index contributed by atoms with van der Waals surface area (Å²) in [7, 11) is 0. The van der Waals surface area contributed by atoms with Crippen LogP contribution in [0.15, 0.2) is 71.9 Å². The first kappa shape index (κ1) is 17.8. The number of amides is 1. The van der Waals surface area contributed by atoms with Crippen molar-refractivity contribution in [3.05, 3.63) is 66.7 Å². The first-order valence-corrected chi connectivity index (χ1v) is 8.93. The fraction of sp³-hybridized carbons (Fsp3) is 0.105. The largest absolute Gasteiger partial charge is 0.383 e. The molecule has 1 atom stereocenters. The summed E-state index contributed by atoms with van der Waals surface area (Å²) in [5.74, 6) is 0.474. The molecule has 0 aliphatic heterocycles. The number of hydrogen-bond donors (Lipinski definition) is 2. The van der Waals surface area contributed by atoms with Gasteiger partial charge < -0.3 is 11.5 Å². The van der Waals surface area contributed by atoms with Crippen LogP contribution in [0.1, 0.15) is 6.92 Å². The molecule has 2 aromatic carbocycles. The zero-order valence-corrected chi connectivity index (χ0v) is 15.1. The smallest absolute Gasteiger partial charge is 0.244 e. The summed E-state index contributed by atoms with van der Waals surface area (Å²) in [4.78, 5) is 23.2. The Balaban J connectivity index is 1.90. The van der Waals surface area contributed by atoms with Crippen LogP contribution in [0, 0.1) is 0 Å². The standard InChI is InChI=1S/C19H19N5OS/c1-13(26-19-22-16(20)12-17(21)23-19)18(25)24(14-8-4-2-5-9-14)15-10-6-3-7-11-15/h2-13H,1H3,(H4,20,21,22,23)/t13-/m1/s1. The Kier molecular flexibility index (Phi) is 5.38. The van der Waals surface area contributed by atoms with Crippen molar-refractivity contribution < 1.29 is 4.79 Å². The summed E-state index contributed by atoms with van der Waals surface area (Å²) in [5, 5.41) is -0.0546. The lowest BCUT2D eigenvalue weighted by molar-refractivity contribution is -0.117. The Morgan fingerprint density at radius 3 is 1.85 bits per heavy atom. The predicted molar refractivity (Wildman–Crippen MR) is 106 cm³/mol. The van der Waals surface area contributed by atoms with Crippen molar-refractivity contribution in [2.24, 2.45) is 0 Å². The average Bonchev–Trinajstić information content (AvgIpc) is 2.63. The van der Waals surface area contributed by atoms with Gasteiger partial charge in [0.05, 0.1) is 5.25 Å². The maximum absolute atomic E-state index is 13.2. The molecule has 0 spiro atoms. The number of anilines is 4. The Morgan fingerprint density at radius 2 is 1.38 bits per heavy atom. The Labute approximate surface area is 156 Å². The molecule has 3 aromatic rings. The van der Waals surface area contributed by atoms with Crippen molar-refractivity contribution in [2.45, 2.75) is 17.3 Å².